The summed E-state index contributed by atoms with van der Waals surface area (Å²) in [7, 11) is 3.03. The molecule has 0 aliphatic heterocycles. The van der Waals surface area contributed by atoms with E-state index in [2.05, 4.69) is 5.32 Å². The molecule has 214 valence electrons. The number of Topliss-reactive ketones (excluding diaryl/α,β-unsaturated/α-hetero) is 2. The molecule has 5 rings (SSSR count). The number of nitrogens with one attached hydrogen (secondary N) is 1. The summed E-state index contributed by atoms with van der Waals surface area (Å²) >= 11 is 0. The second-order valence-corrected chi connectivity index (χ2v) is 10.4. The Kier molecular flexibility index (Phi) is 6.59. The Morgan fingerprint density at radius 3 is 2.37 bits per heavy atom. The molecule has 41 heavy (non-hydrogen) atoms. The summed E-state index contributed by atoms with van der Waals surface area (Å²) in [6, 6.07) is 6.30. The van der Waals surface area contributed by atoms with E-state index in [1.807, 2.05) is 0 Å². The number of primary amides is 1. The average molecular weight is 568 g/mol. The maximum absolute atomic E-state index is 13.8. The van der Waals surface area contributed by atoms with Gasteiger partial charge in [0.25, 0.3) is 5.91 Å². The zero-order chi connectivity index (χ0) is 30.0. The lowest BCUT2D eigenvalue weighted by Crippen LogP contribution is -2.65. The number of likely N-dealkylation sites (N-methyl/N-ethyl adjacent to an activating group) is 1. The highest BCUT2D eigenvalue weighted by Crippen LogP contribution is 2.53. The van der Waals surface area contributed by atoms with Gasteiger partial charge in [0.05, 0.1) is 17.3 Å². The smallest absolute Gasteiger partial charge is 0.417 e. The molecule has 1 fully saturated rings. The van der Waals surface area contributed by atoms with E-state index in [1.54, 1.807) is 0 Å². The number of hydrogen-bond acceptors (Lipinski definition) is 10. The van der Waals surface area contributed by atoms with Crippen LogP contribution in [0.2, 0.25) is 0 Å². The normalized spacial score (nSPS) is 25.4. The number of nitrogens with two attached hydrogens (primary N) is 1. The molecule has 13 heteroatoms. The molecule has 0 heterocycles. The fourth-order valence-corrected chi connectivity index (χ4v) is 6.06. The molecule has 3 aliphatic carbocycles. The van der Waals surface area contributed by atoms with Crippen LogP contribution in [-0.2, 0) is 20.8 Å². The van der Waals surface area contributed by atoms with Crippen molar-refractivity contribution in [3.63, 3.8) is 0 Å². The van der Waals surface area contributed by atoms with Gasteiger partial charge in [0.1, 0.15) is 34.4 Å². The molecular formula is C28H26FN3O9. The molecule has 0 aromatic heterocycles. The molecule has 0 saturated heterocycles. The number of aliphatic hydroxyl groups excluding tert-OH is 2. The second-order valence-electron chi connectivity index (χ2n) is 10.4. The third-order valence-electron chi connectivity index (χ3n) is 7.85. The van der Waals surface area contributed by atoms with Gasteiger partial charge in [0.2, 0.25) is 5.78 Å². The quantitative estimate of drug-likeness (QED) is 0.233. The lowest BCUT2D eigenvalue weighted by molar-refractivity contribution is -0.153. The Hall–Kier alpha value is -4.75. The Balaban J connectivity index is 1.55. The van der Waals surface area contributed by atoms with Crippen LogP contribution in [0.4, 0.5) is 14.9 Å². The number of amides is 2. The minimum Gasteiger partial charge on any atom is -0.508 e. The number of ketones is 2. The molecule has 2 aromatic carbocycles. The van der Waals surface area contributed by atoms with Crippen LogP contribution in [0.15, 0.2) is 53.3 Å². The molecule has 0 bridgehead atoms. The third-order valence-corrected chi connectivity index (χ3v) is 7.85. The zero-order valence-corrected chi connectivity index (χ0v) is 21.8. The largest absolute Gasteiger partial charge is 0.508 e. The summed E-state index contributed by atoms with van der Waals surface area (Å²) in [5.41, 5.74) is 1.37. The number of benzene rings is 2. The molecule has 7 N–H and O–H groups in total. The highest BCUT2D eigenvalue weighted by atomic mass is 19.1. The first kappa shape index (κ1) is 27.8. The molecule has 0 spiro atoms. The summed E-state index contributed by atoms with van der Waals surface area (Å²) in [6.07, 6.45) is -0.979. The zero-order valence-electron chi connectivity index (χ0n) is 21.8. The predicted octanol–water partition coefficient (Wildman–Crippen LogP) is 1.71. The molecular weight excluding hydrogens is 541 g/mol. The van der Waals surface area contributed by atoms with E-state index >= 15 is 0 Å². The summed E-state index contributed by atoms with van der Waals surface area (Å²) in [5.74, 6) is -8.21. The number of phenolic OH excluding ortho intramolecular Hbond substituents is 1. The van der Waals surface area contributed by atoms with Crippen LogP contribution >= 0.6 is 0 Å². The average Bonchev–Trinajstić information content (AvgIpc) is 2.89. The van der Waals surface area contributed by atoms with Crippen LogP contribution in [0.1, 0.15) is 17.5 Å². The lowest BCUT2D eigenvalue weighted by atomic mass is 9.57. The number of halogens is 1. The van der Waals surface area contributed by atoms with Crippen LogP contribution in [0, 0.1) is 17.7 Å². The van der Waals surface area contributed by atoms with Gasteiger partial charge in [0, 0.05) is 11.5 Å². The number of aromatic hydroxyl groups is 1. The van der Waals surface area contributed by atoms with Crippen molar-refractivity contribution in [2.24, 2.45) is 17.6 Å². The van der Waals surface area contributed by atoms with E-state index in [4.69, 9.17) is 10.5 Å². The Labute approximate surface area is 232 Å². The van der Waals surface area contributed by atoms with Gasteiger partial charge in [0.15, 0.2) is 11.4 Å². The predicted molar refractivity (Wildman–Crippen MR) is 140 cm³/mol. The number of nitrogens with zero attached hydrogens (tertiary/aromatic N) is 1. The highest BCUT2D eigenvalue weighted by Gasteiger charge is 2.64. The van der Waals surface area contributed by atoms with Crippen molar-refractivity contribution in [3.05, 3.63) is 70.2 Å². The third kappa shape index (κ3) is 4.21. The van der Waals surface area contributed by atoms with Crippen molar-refractivity contribution in [1.82, 2.24) is 4.90 Å². The maximum atomic E-state index is 13.8. The van der Waals surface area contributed by atoms with Crippen molar-refractivity contribution in [2.75, 3.05) is 19.4 Å². The first-order valence-corrected chi connectivity index (χ1v) is 12.5. The number of ether oxygens (including phenoxy) is 1. The molecule has 1 saturated carbocycles. The van der Waals surface area contributed by atoms with Crippen LogP contribution in [0.5, 0.6) is 11.5 Å². The molecule has 12 nitrogen and oxygen atoms in total. The van der Waals surface area contributed by atoms with Crippen LogP contribution in [0.3, 0.4) is 0 Å². The topological polar surface area (TPSA) is 200 Å². The van der Waals surface area contributed by atoms with Crippen molar-refractivity contribution < 1.29 is 48.7 Å². The van der Waals surface area contributed by atoms with Gasteiger partial charge in [-0.2, -0.15) is 0 Å². The molecule has 3 aliphatic rings. The number of hydrogen-bond donors (Lipinski definition) is 6. The van der Waals surface area contributed by atoms with Gasteiger partial charge in [-0.1, -0.05) is 6.07 Å². The molecule has 0 unspecified atom stereocenters. The number of phenols is 1. The minimum absolute atomic E-state index is 0.0231. The van der Waals surface area contributed by atoms with Gasteiger partial charge in [-0.15, -0.1) is 0 Å². The molecule has 2 amide bonds. The highest BCUT2D eigenvalue weighted by molar-refractivity contribution is 6.24. The van der Waals surface area contributed by atoms with E-state index in [-0.39, 0.29) is 35.4 Å². The Morgan fingerprint density at radius 2 is 1.76 bits per heavy atom. The van der Waals surface area contributed by atoms with E-state index in [9.17, 15) is 44.0 Å². The van der Waals surface area contributed by atoms with E-state index < -0.39 is 75.7 Å². The number of carbonyl (C=O) groups is 4. The van der Waals surface area contributed by atoms with Gasteiger partial charge < -0.3 is 30.9 Å². The number of anilines is 1. The van der Waals surface area contributed by atoms with E-state index in [0.29, 0.717) is 5.56 Å². The van der Waals surface area contributed by atoms with Crippen LogP contribution in [-0.4, -0.2) is 74.6 Å². The Morgan fingerprint density at radius 1 is 1.10 bits per heavy atom. The SMILES string of the molecule is CN(C)[C@@H]1C(=O)C(C(N)=O)=C(O)[C@@]2(O)C(=O)C3=C(O)c4c(ccc(NC(=O)Oc5ccc(F)cc5)c4O)C[C@@H]3C[C@@H]12. The first-order chi connectivity index (χ1) is 19.3. The van der Waals surface area contributed by atoms with Gasteiger partial charge in [-0.05, 0) is 68.8 Å². The fourth-order valence-electron chi connectivity index (χ4n) is 6.06. The Bertz CT molecular complexity index is 1580. The monoisotopic (exact) mass is 567 g/mol. The maximum Gasteiger partial charge on any atom is 0.417 e. The van der Waals surface area contributed by atoms with Crippen molar-refractivity contribution in [2.45, 2.75) is 24.5 Å². The van der Waals surface area contributed by atoms with Crippen molar-refractivity contribution >= 4 is 35.0 Å². The standard InChI is InChI=1S/C28H26FN3O9/c1-32(2)20-15-10-12-9-11-3-8-16(31-27(39)41-14-6-4-13(29)5-7-14)21(33)17(11)22(34)18(12)24(36)28(15,40)25(37)19(23(20)35)26(30)38/h3-8,12,15,20,33-34,37,40H,9-10H2,1-2H3,(H2,30,38)(H,31,39)/t12-,15+,20+,28+/m1/s1. The van der Waals surface area contributed by atoms with Gasteiger partial charge in [-0.3, -0.25) is 24.6 Å². The summed E-state index contributed by atoms with van der Waals surface area (Å²) < 4.78 is 18.2. The first-order valence-electron chi connectivity index (χ1n) is 12.5. The lowest BCUT2D eigenvalue weighted by Gasteiger charge is -2.50. The summed E-state index contributed by atoms with van der Waals surface area (Å²) in [4.78, 5) is 52.8. The number of fused-ring (bicyclic) bond motifs is 3. The molecule has 0 radical (unpaired) electrons. The summed E-state index contributed by atoms with van der Waals surface area (Å²) in [6.45, 7) is 0. The summed E-state index contributed by atoms with van der Waals surface area (Å²) in [5, 5.41) is 47.1. The minimum atomic E-state index is -2.75. The molecule has 2 aromatic rings. The van der Waals surface area contributed by atoms with Gasteiger partial charge >= 0.3 is 6.09 Å². The fraction of sp³-hybridized carbons (Fsp3) is 0.286. The number of rotatable bonds is 4. The van der Waals surface area contributed by atoms with Crippen LogP contribution < -0.4 is 15.8 Å². The van der Waals surface area contributed by atoms with Gasteiger partial charge in [-0.25, -0.2) is 9.18 Å². The van der Waals surface area contributed by atoms with Crippen molar-refractivity contribution in [3.8, 4) is 11.5 Å². The van der Waals surface area contributed by atoms with Crippen LogP contribution in [0.25, 0.3) is 5.76 Å². The molecule has 4 atom stereocenters. The van der Waals surface area contributed by atoms with E-state index in [1.165, 1.54) is 43.3 Å². The number of aliphatic hydroxyl groups is 3. The second kappa shape index (κ2) is 9.71. The van der Waals surface area contributed by atoms with E-state index in [0.717, 1.165) is 12.1 Å². The van der Waals surface area contributed by atoms with Crippen molar-refractivity contribution in [1.29, 1.82) is 0 Å². The number of carbonyl (C=O) groups excluding carboxylic acids is 4.